The van der Waals surface area contributed by atoms with Gasteiger partial charge in [-0.3, -0.25) is 0 Å². The van der Waals surface area contributed by atoms with Crippen molar-refractivity contribution in [1.29, 1.82) is 0 Å². The van der Waals surface area contributed by atoms with E-state index in [2.05, 4.69) is 11.5 Å². The van der Waals surface area contributed by atoms with Gasteiger partial charge in [-0.2, -0.15) is 0 Å². The topological polar surface area (TPSA) is 64.4 Å². The third-order valence-electron chi connectivity index (χ3n) is 5.27. The summed E-state index contributed by atoms with van der Waals surface area (Å²) in [5.41, 5.74) is 3.80. The Morgan fingerprint density at radius 1 is 1.03 bits per heavy atom. The van der Waals surface area contributed by atoms with Gasteiger partial charge in [0.15, 0.2) is 0 Å². The van der Waals surface area contributed by atoms with Crippen molar-refractivity contribution in [1.82, 2.24) is 9.55 Å². The van der Waals surface area contributed by atoms with E-state index in [1.54, 1.807) is 36.4 Å². The minimum Gasteiger partial charge on any atom is -0.489 e. The molecule has 0 atom stereocenters. The fourth-order valence-corrected chi connectivity index (χ4v) is 3.90. The number of benzene rings is 3. The molecule has 0 saturated carbocycles. The Balaban J connectivity index is 1.43. The summed E-state index contributed by atoms with van der Waals surface area (Å²) in [5.74, 6) is 0.616. The van der Waals surface area contributed by atoms with E-state index >= 15 is 0 Å². The van der Waals surface area contributed by atoms with Gasteiger partial charge in [-0.1, -0.05) is 53.5 Å². The van der Waals surface area contributed by atoms with Gasteiger partial charge in [0.05, 0.1) is 16.3 Å². The standard InChI is InChI=1S/C27H22Cl2N2O3/c1-2-31-16-25(23-13-10-21(28)15-24(23)29)30-26(31)14-7-18-5-11-22(12-6-18)34-17-19-3-8-20(9-4-19)27(32)33/h3-16H,2,17H2,1H3,(H,32,33)/b14-7+. The lowest BCUT2D eigenvalue weighted by Gasteiger charge is -2.07. The number of hydrogen-bond acceptors (Lipinski definition) is 3. The number of aryl methyl sites for hydroxylation is 1. The van der Waals surface area contributed by atoms with Crippen LogP contribution in [-0.4, -0.2) is 20.6 Å². The number of carbonyl (C=O) groups is 1. The monoisotopic (exact) mass is 492 g/mol. The fourth-order valence-electron chi connectivity index (χ4n) is 3.40. The number of aromatic nitrogens is 2. The Morgan fingerprint density at radius 3 is 2.41 bits per heavy atom. The molecule has 0 aliphatic heterocycles. The number of aromatic carboxylic acids is 1. The van der Waals surface area contributed by atoms with Gasteiger partial charge in [-0.15, -0.1) is 0 Å². The molecule has 1 heterocycles. The van der Waals surface area contributed by atoms with E-state index in [9.17, 15) is 4.79 Å². The van der Waals surface area contributed by atoms with Crippen LogP contribution in [0.3, 0.4) is 0 Å². The molecule has 1 N–H and O–H groups in total. The van der Waals surface area contributed by atoms with Crippen LogP contribution in [0.15, 0.2) is 72.9 Å². The van der Waals surface area contributed by atoms with Gasteiger partial charge in [0, 0.05) is 23.3 Å². The molecule has 0 unspecified atom stereocenters. The molecule has 172 valence electrons. The summed E-state index contributed by atoms with van der Waals surface area (Å²) in [4.78, 5) is 15.7. The normalized spacial score (nSPS) is 11.1. The lowest BCUT2D eigenvalue weighted by Crippen LogP contribution is -1.98. The summed E-state index contributed by atoms with van der Waals surface area (Å²) in [6.07, 6.45) is 5.95. The zero-order valence-electron chi connectivity index (χ0n) is 18.4. The highest BCUT2D eigenvalue weighted by Crippen LogP contribution is 2.30. The maximum absolute atomic E-state index is 10.9. The van der Waals surface area contributed by atoms with Crippen LogP contribution in [0.5, 0.6) is 5.75 Å². The molecule has 0 amide bonds. The number of carboxylic acid groups (broad SMARTS) is 1. The van der Waals surface area contributed by atoms with Gasteiger partial charge in [-0.25, -0.2) is 9.78 Å². The summed E-state index contributed by atoms with van der Waals surface area (Å²) >= 11 is 12.4. The maximum atomic E-state index is 10.9. The van der Waals surface area contributed by atoms with Gasteiger partial charge in [0.25, 0.3) is 0 Å². The van der Waals surface area contributed by atoms with Crippen LogP contribution in [0.2, 0.25) is 10.0 Å². The van der Waals surface area contributed by atoms with Crippen molar-refractivity contribution in [2.75, 3.05) is 0 Å². The molecule has 4 aromatic rings. The molecule has 1 aromatic heterocycles. The molecule has 0 fully saturated rings. The first-order valence-electron chi connectivity index (χ1n) is 10.7. The smallest absolute Gasteiger partial charge is 0.335 e. The summed E-state index contributed by atoms with van der Waals surface area (Å²) in [6.45, 7) is 3.20. The number of halogens is 2. The summed E-state index contributed by atoms with van der Waals surface area (Å²) in [5, 5.41) is 10.1. The van der Waals surface area contributed by atoms with Crippen LogP contribution in [0, 0.1) is 0 Å². The van der Waals surface area contributed by atoms with E-state index in [0.717, 1.165) is 40.5 Å². The number of ether oxygens (including phenoxy) is 1. The van der Waals surface area contributed by atoms with Crippen molar-refractivity contribution in [2.24, 2.45) is 0 Å². The van der Waals surface area contributed by atoms with Crippen LogP contribution in [0.25, 0.3) is 23.4 Å². The van der Waals surface area contributed by atoms with Crippen LogP contribution >= 0.6 is 23.2 Å². The zero-order valence-corrected chi connectivity index (χ0v) is 19.9. The summed E-state index contributed by atoms with van der Waals surface area (Å²) in [6, 6.07) is 19.8. The second kappa shape index (κ2) is 10.6. The van der Waals surface area contributed by atoms with Gasteiger partial charge in [-0.05, 0) is 66.6 Å². The largest absolute Gasteiger partial charge is 0.489 e. The first-order chi connectivity index (χ1) is 16.4. The third-order valence-corrected chi connectivity index (χ3v) is 5.81. The number of hydrogen-bond donors (Lipinski definition) is 1. The van der Waals surface area contributed by atoms with Crippen LogP contribution in [0.4, 0.5) is 0 Å². The minimum absolute atomic E-state index is 0.256. The molecule has 5 nitrogen and oxygen atoms in total. The van der Waals surface area contributed by atoms with Crippen molar-refractivity contribution in [3.05, 3.63) is 105 Å². The Labute approximate surface area is 207 Å². The lowest BCUT2D eigenvalue weighted by atomic mass is 10.1. The van der Waals surface area contributed by atoms with E-state index < -0.39 is 5.97 Å². The van der Waals surface area contributed by atoms with Crippen molar-refractivity contribution in [3.8, 4) is 17.0 Å². The van der Waals surface area contributed by atoms with Crippen molar-refractivity contribution in [2.45, 2.75) is 20.1 Å². The minimum atomic E-state index is -0.942. The van der Waals surface area contributed by atoms with Gasteiger partial charge in [0.2, 0.25) is 0 Å². The predicted molar refractivity (Wildman–Crippen MR) is 136 cm³/mol. The van der Waals surface area contributed by atoms with E-state index in [4.69, 9.17) is 38.0 Å². The molecule has 0 aliphatic rings. The second-order valence-electron chi connectivity index (χ2n) is 7.59. The fraction of sp³-hybridized carbons (Fsp3) is 0.111. The highest BCUT2D eigenvalue weighted by Gasteiger charge is 2.10. The summed E-state index contributed by atoms with van der Waals surface area (Å²) in [7, 11) is 0. The average molecular weight is 493 g/mol. The van der Waals surface area contributed by atoms with E-state index in [1.807, 2.05) is 48.7 Å². The van der Waals surface area contributed by atoms with Crippen molar-refractivity contribution >= 4 is 41.3 Å². The molecule has 3 aromatic carbocycles. The average Bonchev–Trinajstić information content (AvgIpc) is 3.25. The highest BCUT2D eigenvalue weighted by molar-refractivity contribution is 6.36. The molecule has 34 heavy (non-hydrogen) atoms. The van der Waals surface area contributed by atoms with E-state index in [1.165, 1.54) is 0 Å². The second-order valence-corrected chi connectivity index (χ2v) is 8.43. The molecule has 0 saturated heterocycles. The maximum Gasteiger partial charge on any atom is 0.335 e. The van der Waals surface area contributed by atoms with E-state index in [-0.39, 0.29) is 5.56 Å². The molecule has 7 heteroatoms. The zero-order chi connectivity index (χ0) is 24.1. The van der Waals surface area contributed by atoms with Crippen LogP contribution < -0.4 is 4.74 Å². The van der Waals surface area contributed by atoms with Crippen molar-refractivity contribution in [3.63, 3.8) is 0 Å². The number of nitrogens with zero attached hydrogens (tertiary/aromatic N) is 2. The number of rotatable bonds is 8. The molecule has 0 radical (unpaired) electrons. The number of imidazole rings is 1. The quantitative estimate of drug-likeness (QED) is 0.279. The Morgan fingerprint density at radius 2 is 1.76 bits per heavy atom. The van der Waals surface area contributed by atoms with Crippen molar-refractivity contribution < 1.29 is 14.6 Å². The number of carboxylic acids is 1. The predicted octanol–water partition coefficient (Wildman–Crippen LogP) is 7.32. The van der Waals surface area contributed by atoms with Crippen LogP contribution in [-0.2, 0) is 13.2 Å². The van der Waals surface area contributed by atoms with E-state index in [0.29, 0.717) is 16.7 Å². The molecule has 0 bridgehead atoms. The molecule has 0 aliphatic carbocycles. The first-order valence-corrected chi connectivity index (χ1v) is 11.4. The molecular weight excluding hydrogens is 471 g/mol. The van der Waals surface area contributed by atoms with Gasteiger partial charge >= 0.3 is 5.97 Å². The van der Waals surface area contributed by atoms with Crippen LogP contribution in [0.1, 0.15) is 34.2 Å². The Bertz CT molecular complexity index is 1330. The molecule has 4 rings (SSSR count). The Hall–Kier alpha value is -3.54. The van der Waals surface area contributed by atoms with Gasteiger partial charge < -0.3 is 14.4 Å². The molecule has 0 spiro atoms. The summed E-state index contributed by atoms with van der Waals surface area (Å²) < 4.78 is 7.87. The lowest BCUT2D eigenvalue weighted by molar-refractivity contribution is 0.0697. The molecular formula is C27H22Cl2N2O3. The Kier molecular flexibility index (Phi) is 7.36. The third kappa shape index (κ3) is 5.68. The highest BCUT2D eigenvalue weighted by atomic mass is 35.5. The SMILES string of the molecule is CCn1cc(-c2ccc(Cl)cc2Cl)nc1/C=C/c1ccc(OCc2ccc(C(=O)O)cc2)cc1. The first kappa shape index (κ1) is 23.6. The van der Waals surface area contributed by atoms with Gasteiger partial charge in [0.1, 0.15) is 18.2 Å².